The molecule has 9 nitrogen and oxygen atoms in total. The molecule has 1 aliphatic rings. The molecule has 1 amide bonds. The molecular weight excluding hydrogens is 503 g/mol. The fourth-order valence-corrected chi connectivity index (χ4v) is 6.99. The molecule has 0 aliphatic carbocycles. The molecule has 0 radical (unpaired) electrons. The largest absolute Gasteiger partial charge is 0.452 e. The number of benzene rings is 1. The number of sulfone groups is 1. The minimum absolute atomic E-state index is 0.00368. The lowest BCUT2D eigenvalue weighted by Gasteiger charge is -2.26. The van der Waals surface area contributed by atoms with Crippen LogP contribution in [0.25, 0.3) is 0 Å². The standard InChI is InChI=1S/C19H26Cl2N2O7S2/c1-4-23(13-5-6-31(26,27)11-13)18(24)10-30-19(25)14-7-17(16(21)8-15(14)20)32(28,29)22-9-12(2)3/h7-8,12-13,22H,4-6,9-11H2,1-3H3/t13-/m1/s1. The van der Waals surface area contributed by atoms with Crippen LogP contribution in [0.5, 0.6) is 0 Å². The Morgan fingerprint density at radius 2 is 1.91 bits per heavy atom. The maximum atomic E-state index is 12.5. The summed E-state index contributed by atoms with van der Waals surface area (Å²) in [6, 6.07) is 1.65. The number of rotatable bonds is 9. The lowest BCUT2D eigenvalue weighted by Crippen LogP contribution is -2.43. The predicted octanol–water partition coefficient (Wildman–Crippen LogP) is 2.12. The fraction of sp³-hybridized carbons (Fsp3) is 0.579. The van der Waals surface area contributed by atoms with Crippen LogP contribution < -0.4 is 4.72 Å². The van der Waals surface area contributed by atoms with Crippen LogP contribution >= 0.6 is 23.2 Å². The number of likely N-dealkylation sites (N-methyl/N-ethyl adjacent to an activating group) is 1. The highest BCUT2D eigenvalue weighted by Crippen LogP contribution is 2.29. The van der Waals surface area contributed by atoms with Crippen molar-refractivity contribution in [3.05, 3.63) is 27.7 Å². The van der Waals surface area contributed by atoms with Gasteiger partial charge in [-0.15, -0.1) is 0 Å². The Bertz CT molecular complexity index is 1090. The summed E-state index contributed by atoms with van der Waals surface area (Å²) in [5.41, 5.74) is -0.264. The molecule has 32 heavy (non-hydrogen) atoms. The molecule has 0 unspecified atom stereocenters. The lowest BCUT2D eigenvalue weighted by molar-refractivity contribution is -0.136. The maximum Gasteiger partial charge on any atom is 0.340 e. The summed E-state index contributed by atoms with van der Waals surface area (Å²) in [5, 5.41) is -0.303. The summed E-state index contributed by atoms with van der Waals surface area (Å²) in [4.78, 5) is 26.1. The molecule has 1 saturated heterocycles. The highest BCUT2D eigenvalue weighted by molar-refractivity contribution is 7.91. The fourth-order valence-electron chi connectivity index (χ4n) is 3.19. The third kappa shape index (κ3) is 6.80. The molecule has 0 bridgehead atoms. The number of halogens is 2. The van der Waals surface area contributed by atoms with Crippen molar-refractivity contribution >= 4 is 54.9 Å². The lowest BCUT2D eigenvalue weighted by atomic mass is 10.2. The normalized spacial score (nSPS) is 18.0. The first-order valence-corrected chi connectivity index (χ1v) is 14.0. The van der Waals surface area contributed by atoms with Crippen LogP contribution in [0.4, 0.5) is 0 Å². The van der Waals surface area contributed by atoms with Crippen LogP contribution in [0.1, 0.15) is 37.6 Å². The smallest absolute Gasteiger partial charge is 0.340 e. The number of amides is 1. The highest BCUT2D eigenvalue weighted by Gasteiger charge is 2.34. The van der Waals surface area contributed by atoms with Gasteiger partial charge in [0, 0.05) is 19.1 Å². The zero-order valence-corrected chi connectivity index (χ0v) is 21.1. The molecule has 1 fully saturated rings. The van der Waals surface area contributed by atoms with Crippen molar-refractivity contribution in [1.29, 1.82) is 0 Å². The third-order valence-electron chi connectivity index (χ3n) is 4.85. The van der Waals surface area contributed by atoms with E-state index in [1.807, 2.05) is 13.8 Å². The molecule has 1 atom stereocenters. The second-order valence-corrected chi connectivity index (χ2v) is 12.6. The quantitative estimate of drug-likeness (QED) is 0.486. The summed E-state index contributed by atoms with van der Waals surface area (Å²) in [5.74, 6) is -1.64. The average molecular weight is 529 g/mol. The summed E-state index contributed by atoms with van der Waals surface area (Å²) >= 11 is 12.1. The molecule has 1 aliphatic heterocycles. The van der Waals surface area contributed by atoms with E-state index in [0.29, 0.717) is 6.42 Å². The number of hydrogen-bond acceptors (Lipinski definition) is 7. The number of esters is 1. The van der Waals surface area contributed by atoms with Crippen molar-refractivity contribution in [2.45, 2.75) is 38.1 Å². The average Bonchev–Trinajstić information content (AvgIpc) is 3.04. The van der Waals surface area contributed by atoms with E-state index in [-0.39, 0.29) is 51.0 Å². The van der Waals surface area contributed by atoms with E-state index in [2.05, 4.69) is 4.72 Å². The van der Waals surface area contributed by atoms with Gasteiger partial charge in [0.1, 0.15) is 4.90 Å². The number of carbonyl (C=O) groups excluding carboxylic acids is 2. The number of carbonyl (C=O) groups is 2. The second kappa shape index (κ2) is 10.7. The molecule has 1 aromatic carbocycles. The van der Waals surface area contributed by atoms with E-state index in [1.54, 1.807) is 6.92 Å². The first kappa shape index (κ1) is 26.8. The van der Waals surface area contributed by atoms with Crippen LogP contribution in [0.15, 0.2) is 17.0 Å². The summed E-state index contributed by atoms with van der Waals surface area (Å²) in [6.45, 7) is 5.12. The van der Waals surface area contributed by atoms with Crippen LogP contribution in [-0.2, 0) is 29.4 Å². The Morgan fingerprint density at radius 3 is 2.44 bits per heavy atom. The predicted molar refractivity (Wildman–Crippen MR) is 121 cm³/mol. The monoisotopic (exact) mass is 528 g/mol. The number of ether oxygens (including phenoxy) is 1. The van der Waals surface area contributed by atoms with Gasteiger partial charge in [0.15, 0.2) is 16.4 Å². The molecule has 0 spiro atoms. The van der Waals surface area contributed by atoms with E-state index < -0.39 is 44.4 Å². The molecule has 0 saturated carbocycles. The highest BCUT2D eigenvalue weighted by atomic mass is 35.5. The van der Waals surface area contributed by atoms with Crippen molar-refractivity contribution in [2.75, 3.05) is 31.2 Å². The van der Waals surface area contributed by atoms with Crippen molar-refractivity contribution in [3.8, 4) is 0 Å². The molecule has 1 N–H and O–H groups in total. The number of nitrogens with zero attached hydrogens (tertiary/aromatic N) is 1. The van der Waals surface area contributed by atoms with Gasteiger partial charge in [0.25, 0.3) is 5.91 Å². The first-order valence-electron chi connectivity index (χ1n) is 9.93. The molecule has 1 heterocycles. The molecule has 180 valence electrons. The minimum Gasteiger partial charge on any atom is -0.452 e. The topological polar surface area (TPSA) is 127 Å². The first-order chi connectivity index (χ1) is 14.8. The maximum absolute atomic E-state index is 12.5. The van der Waals surface area contributed by atoms with Crippen LogP contribution in [0.2, 0.25) is 10.0 Å². The molecule has 0 aromatic heterocycles. The Labute approximate surface area is 198 Å². The number of hydrogen-bond donors (Lipinski definition) is 1. The van der Waals surface area contributed by atoms with Crippen molar-refractivity contribution in [2.24, 2.45) is 5.92 Å². The number of nitrogens with one attached hydrogen (secondary N) is 1. The van der Waals surface area contributed by atoms with Gasteiger partial charge >= 0.3 is 5.97 Å². The molecule has 2 rings (SSSR count). The summed E-state index contributed by atoms with van der Waals surface area (Å²) < 4.78 is 55.9. The van der Waals surface area contributed by atoms with Crippen molar-refractivity contribution in [3.63, 3.8) is 0 Å². The van der Waals surface area contributed by atoms with E-state index in [1.165, 1.54) is 4.90 Å². The zero-order valence-electron chi connectivity index (χ0n) is 17.9. The van der Waals surface area contributed by atoms with Gasteiger partial charge < -0.3 is 9.64 Å². The Hall–Kier alpha value is -1.40. The van der Waals surface area contributed by atoms with Crippen LogP contribution in [0.3, 0.4) is 0 Å². The Morgan fingerprint density at radius 1 is 1.25 bits per heavy atom. The van der Waals surface area contributed by atoms with Crippen LogP contribution in [0, 0.1) is 5.92 Å². The van der Waals surface area contributed by atoms with Gasteiger partial charge in [-0.25, -0.2) is 26.4 Å². The summed E-state index contributed by atoms with van der Waals surface area (Å²) in [6.07, 6.45) is 0.323. The third-order valence-corrected chi connectivity index (χ3v) is 8.80. The second-order valence-electron chi connectivity index (χ2n) is 7.82. The van der Waals surface area contributed by atoms with E-state index in [0.717, 1.165) is 12.1 Å². The molecule has 13 heteroatoms. The van der Waals surface area contributed by atoms with E-state index in [4.69, 9.17) is 27.9 Å². The Kier molecular flexibility index (Phi) is 8.97. The Balaban J connectivity index is 2.15. The van der Waals surface area contributed by atoms with Gasteiger partial charge in [-0.05, 0) is 31.4 Å². The number of sulfonamides is 1. The van der Waals surface area contributed by atoms with E-state index >= 15 is 0 Å². The molecule has 1 aromatic rings. The van der Waals surface area contributed by atoms with Crippen LogP contribution in [-0.4, -0.2) is 70.9 Å². The molecular formula is C19H26Cl2N2O7S2. The summed E-state index contributed by atoms with van der Waals surface area (Å²) in [7, 11) is -7.20. The van der Waals surface area contributed by atoms with Gasteiger partial charge in [-0.1, -0.05) is 37.0 Å². The zero-order chi connectivity index (χ0) is 24.3. The van der Waals surface area contributed by atoms with Gasteiger partial charge in [0.05, 0.1) is 27.1 Å². The minimum atomic E-state index is -4.01. The SMILES string of the molecule is CCN(C(=O)COC(=O)c1cc(S(=O)(=O)NCC(C)C)c(Cl)cc1Cl)[C@@H]1CCS(=O)(=O)C1. The van der Waals surface area contributed by atoms with Crippen molar-refractivity contribution < 1.29 is 31.2 Å². The van der Waals surface area contributed by atoms with Gasteiger partial charge in [-0.2, -0.15) is 0 Å². The van der Waals surface area contributed by atoms with Gasteiger partial charge in [0.2, 0.25) is 10.0 Å². The van der Waals surface area contributed by atoms with E-state index in [9.17, 15) is 26.4 Å². The van der Waals surface area contributed by atoms with Crippen molar-refractivity contribution in [1.82, 2.24) is 9.62 Å². The van der Waals surface area contributed by atoms with Gasteiger partial charge in [-0.3, -0.25) is 4.79 Å².